The Balaban J connectivity index is 1.69. The van der Waals surface area contributed by atoms with Gasteiger partial charge in [0.25, 0.3) is 5.91 Å². The second-order valence-electron chi connectivity index (χ2n) is 7.64. The van der Waals surface area contributed by atoms with Crippen molar-refractivity contribution in [3.8, 4) is 0 Å². The van der Waals surface area contributed by atoms with E-state index in [4.69, 9.17) is 0 Å². The van der Waals surface area contributed by atoms with Crippen molar-refractivity contribution < 1.29 is 9.59 Å². The molecular weight excluding hydrogens is 364 g/mol. The second-order valence-corrected chi connectivity index (χ2v) is 7.64. The molecule has 150 valence electrons. The van der Waals surface area contributed by atoms with Crippen LogP contribution in [0.25, 0.3) is 0 Å². The Morgan fingerprint density at radius 2 is 1.72 bits per heavy atom. The highest BCUT2D eigenvalue weighted by atomic mass is 16.2. The monoisotopic (exact) mass is 390 g/mol. The van der Waals surface area contributed by atoms with Gasteiger partial charge < -0.3 is 20.0 Å². The lowest BCUT2D eigenvalue weighted by Gasteiger charge is -2.31. The van der Waals surface area contributed by atoms with Gasteiger partial charge in [-0.2, -0.15) is 0 Å². The van der Waals surface area contributed by atoms with Gasteiger partial charge >= 0.3 is 0 Å². The molecule has 4 rings (SSSR count). The van der Waals surface area contributed by atoms with E-state index in [1.807, 2.05) is 56.6 Å². The number of Topliss-reactive ketones (excluding diaryl/α,β-unsaturated/α-hetero) is 1. The van der Waals surface area contributed by atoms with Crippen molar-refractivity contribution >= 4 is 23.1 Å². The molecule has 6 nitrogen and oxygen atoms in total. The molecule has 2 aliphatic heterocycles. The predicted octanol–water partition coefficient (Wildman–Crippen LogP) is 2.38. The fourth-order valence-corrected chi connectivity index (χ4v) is 3.87. The summed E-state index contributed by atoms with van der Waals surface area (Å²) in [5, 5.41) is 2.94. The molecule has 1 amide bonds. The van der Waals surface area contributed by atoms with E-state index in [-0.39, 0.29) is 17.3 Å². The molecule has 29 heavy (non-hydrogen) atoms. The second kappa shape index (κ2) is 8.09. The Morgan fingerprint density at radius 1 is 1.03 bits per heavy atom. The highest BCUT2D eigenvalue weighted by Crippen LogP contribution is 2.44. The molecule has 0 spiro atoms. The maximum Gasteiger partial charge on any atom is 0.258 e. The average Bonchev–Trinajstić information content (AvgIpc) is 3.04. The molecular formula is C23H26N4O2. The van der Waals surface area contributed by atoms with Crippen molar-refractivity contribution in [1.82, 2.24) is 10.2 Å². The molecule has 2 aromatic rings. The SMILES string of the molecule is CN(C)CCN1C2=C(C(=O)NCc3ccccc3)C(=O)CCN2c2ccccc21. The van der Waals surface area contributed by atoms with Gasteiger partial charge in [-0.05, 0) is 31.8 Å². The van der Waals surface area contributed by atoms with Crippen molar-refractivity contribution in [1.29, 1.82) is 0 Å². The molecule has 0 atom stereocenters. The molecule has 0 saturated carbocycles. The Labute approximate surface area is 171 Å². The van der Waals surface area contributed by atoms with E-state index >= 15 is 0 Å². The molecule has 1 N–H and O–H groups in total. The number of rotatable bonds is 6. The van der Waals surface area contributed by atoms with Crippen molar-refractivity contribution in [3.05, 3.63) is 71.6 Å². The van der Waals surface area contributed by atoms with E-state index in [0.29, 0.717) is 26.1 Å². The van der Waals surface area contributed by atoms with Crippen molar-refractivity contribution in [2.24, 2.45) is 0 Å². The minimum atomic E-state index is -0.304. The third kappa shape index (κ3) is 3.76. The normalized spacial score (nSPS) is 15.6. The van der Waals surface area contributed by atoms with E-state index in [1.165, 1.54) is 0 Å². The van der Waals surface area contributed by atoms with Crippen LogP contribution in [0.15, 0.2) is 66.0 Å². The largest absolute Gasteiger partial charge is 0.348 e. The summed E-state index contributed by atoms with van der Waals surface area (Å²) < 4.78 is 0. The standard InChI is InChI=1S/C23H26N4O2/c1-25(2)14-15-27-19-11-7-6-10-18(19)26-13-12-20(28)21(23(26)27)22(29)24-16-17-8-4-3-5-9-17/h3-11H,12-16H2,1-2H3,(H,24,29). The van der Waals surface area contributed by atoms with Gasteiger partial charge in [-0.15, -0.1) is 0 Å². The van der Waals surface area contributed by atoms with E-state index in [1.54, 1.807) is 0 Å². The van der Waals surface area contributed by atoms with Gasteiger partial charge in [-0.25, -0.2) is 0 Å². The zero-order chi connectivity index (χ0) is 20.4. The van der Waals surface area contributed by atoms with E-state index in [0.717, 1.165) is 29.3 Å². The lowest BCUT2D eigenvalue weighted by atomic mass is 10.0. The molecule has 2 aliphatic rings. The number of likely N-dealkylation sites (N-methyl/N-ethyl adjacent to an activating group) is 1. The molecule has 2 aromatic carbocycles. The van der Waals surface area contributed by atoms with Crippen LogP contribution >= 0.6 is 0 Å². The van der Waals surface area contributed by atoms with Crippen molar-refractivity contribution in [2.75, 3.05) is 43.5 Å². The number of benzene rings is 2. The molecule has 2 heterocycles. The van der Waals surface area contributed by atoms with Gasteiger partial charge in [0, 0.05) is 32.6 Å². The first-order valence-electron chi connectivity index (χ1n) is 9.94. The summed E-state index contributed by atoms with van der Waals surface area (Å²) in [6.07, 6.45) is 0.341. The number of nitrogens with zero attached hydrogens (tertiary/aromatic N) is 3. The van der Waals surface area contributed by atoms with Gasteiger partial charge in [0.05, 0.1) is 11.4 Å². The van der Waals surface area contributed by atoms with Crippen LogP contribution < -0.4 is 15.1 Å². The lowest BCUT2D eigenvalue weighted by Crippen LogP contribution is -2.43. The summed E-state index contributed by atoms with van der Waals surface area (Å²) >= 11 is 0. The van der Waals surface area contributed by atoms with Crippen molar-refractivity contribution in [3.63, 3.8) is 0 Å². The Morgan fingerprint density at radius 3 is 2.45 bits per heavy atom. The highest BCUT2D eigenvalue weighted by Gasteiger charge is 2.40. The number of ketones is 1. The fourth-order valence-electron chi connectivity index (χ4n) is 3.87. The molecule has 0 bridgehead atoms. The topological polar surface area (TPSA) is 55.9 Å². The zero-order valence-electron chi connectivity index (χ0n) is 16.9. The molecule has 6 heteroatoms. The summed E-state index contributed by atoms with van der Waals surface area (Å²) in [6, 6.07) is 17.8. The van der Waals surface area contributed by atoms with Crippen LogP contribution in [0.1, 0.15) is 12.0 Å². The third-order valence-electron chi connectivity index (χ3n) is 5.33. The van der Waals surface area contributed by atoms with Crippen LogP contribution in [0.4, 0.5) is 11.4 Å². The first-order valence-corrected chi connectivity index (χ1v) is 9.94. The van der Waals surface area contributed by atoms with Gasteiger partial charge in [-0.1, -0.05) is 42.5 Å². The number of fused-ring (bicyclic) bond motifs is 3. The van der Waals surface area contributed by atoms with Crippen LogP contribution in [-0.2, 0) is 16.1 Å². The smallest absolute Gasteiger partial charge is 0.258 e. The number of amides is 1. The van der Waals surface area contributed by atoms with Crippen LogP contribution in [0.2, 0.25) is 0 Å². The van der Waals surface area contributed by atoms with Gasteiger partial charge in [0.1, 0.15) is 11.4 Å². The van der Waals surface area contributed by atoms with Crippen LogP contribution in [0.3, 0.4) is 0 Å². The van der Waals surface area contributed by atoms with Crippen LogP contribution in [0.5, 0.6) is 0 Å². The number of anilines is 2. The van der Waals surface area contributed by atoms with E-state index in [2.05, 4.69) is 32.1 Å². The lowest BCUT2D eigenvalue weighted by molar-refractivity contribution is -0.123. The van der Waals surface area contributed by atoms with Gasteiger partial charge in [0.15, 0.2) is 5.78 Å². The fraction of sp³-hybridized carbons (Fsp3) is 0.304. The first-order chi connectivity index (χ1) is 14.1. The van der Waals surface area contributed by atoms with Crippen LogP contribution in [-0.4, -0.2) is 50.3 Å². The number of hydrogen-bond acceptors (Lipinski definition) is 5. The Bertz CT molecular complexity index is 952. The summed E-state index contributed by atoms with van der Waals surface area (Å²) in [5.41, 5.74) is 3.38. The van der Waals surface area contributed by atoms with Crippen LogP contribution in [0, 0.1) is 0 Å². The Kier molecular flexibility index (Phi) is 5.36. The molecule has 0 unspecified atom stereocenters. The zero-order valence-corrected chi connectivity index (χ0v) is 16.9. The quantitative estimate of drug-likeness (QED) is 0.768. The minimum Gasteiger partial charge on any atom is -0.348 e. The van der Waals surface area contributed by atoms with Crippen molar-refractivity contribution in [2.45, 2.75) is 13.0 Å². The predicted molar refractivity (Wildman–Crippen MR) is 115 cm³/mol. The maximum atomic E-state index is 13.1. The molecule has 0 aromatic heterocycles. The van der Waals surface area contributed by atoms with Gasteiger partial charge in [-0.3, -0.25) is 9.59 Å². The average molecular weight is 390 g/mol. The third-order valence-corrected chi connectivity index (χ3v) is 5.33. The molecule has 0 fully saturated rings. The minimum absolute atomic E-state index is 0.0931. The van der Waals surface area contributed by atoms with E-state index in [9.17, 15) is 9.59 Å². The number of carbonyl (C=O) groups is 2. The number of nitrogens with one attached hydrogen (secondary N) is 1. The highest BCUT2D eigenvalue weighted by molar-refractivity contribution is 6.22. The van der Waals surface area contributed by atoms with E-state index < -0.39 is 0 Å². The first kappa shape index (κ1) is 19.2. The Hall–Kier alpha value is -3.12. The molecule has 0 saturated heterocycles. The van der Waals surface area contributed by atoms with Gasteiger partial charge in [0.2, 0.25) is 0 Å². The summed E-state index contributed by atoms with van der Waals surface area (Å²) in [6.45, 7) is 2.52. The molecule has 0 radical (unpaired) electrons. The summed E-state index contributed by atoms with van der Waals surface area (Å²) in [4.78, 5) is 32.3. The summed E-state index contributed by atoms with van der Waals surface area (Å²) in [5.74, 6) is 0.320. The molecule has 0 aliphatic carbocycles. The number of carbonyl (C=O) groups excluding carboxylic acids is 2. The summed E-state index contributed by atoms with van der Waals surface area (Å²) in [7, 11) is 4.04. The maximum absolute atomic E-state index is 13.1. The number of hydrogen-bond donors (Lipinski definition) is 1. The number of para-hydroxylation sites is 2.